The molecule has 1 fully saturated rings. The second-order valence-corrected chi connectivity index (χ2v) is 5.53. The number of morpholine rings is 1. The largest absolute Gasteiger partial charge is 0.374 e. The molecule has 1 aliphatic rings. The summed E-state index contributed by atoms with van der Waals surface area (Å²) in [6.45, 7) is 5.02. The van der Waals surface area contributed by atoms with Crippen LogP contribution in [-0.2, 0) is 11.2 Å². The fourth-order valence-electron chi connectivity index (χ4n) is 2.83. The third-order valence-electron chi connectivity index (χ3n) is 4.00. The van der Waals surface area contributed by atoms with Crippen molar-refractivity contribution >= 4 is 5.82 Å². The van der Waals surface area contributed by atoms with Crippen molar-refractivity contribution < 1.29 is 9.13 Å². The molecule has 1 aromatic carbocycles. The molecule has 3 rings (SSSR count). The predicted molar refractivity (Wildman–Crippen MR) is 83.3 cm³/mol. The average Bonchev–Trinajstić information content (AvgIpc) is 2.56. The second kappa shape index (κ2) is 6.40. The Morgan fingerprint density at radius 1 is 1.27 bits per heavy atom. The van der Waals surface area contributed by atoms with Gasteiger partial charge in [-0.05, 0) is 18.9 Å². The highest BCUT2D eigenvalue weighted by molar-refractivity contribution is 5.45. The first-order chi connectivity index (χ1) is 10.7. The van der Waals surface area contributed by atoms with Crippen LogP contribution in [-0.4, -0.2) is 29.2 Å². The first-order valence-corrected chi connectivity index (χ1v) is 7.63. The summed E-state index contributed by atoms with van der Waals surface area (Å²) in [5.74, 6) is 0.0517. The normalized spacial score (nSPS) is 21.9. The number of hydrogen-bond acceptors (Lipinski definition) is 4. The van der Waals surface area contributed by atoms with Crippen LogP contribution < -0.4 is 4.90 Å². The quantitative estimate of drug-likeness (QED) is 0.873. The van der Waals surface area contributed by atoms with Crippen LogP contribution in [0.2, 0.25) is 0 Å². The van der Waals surface area contributed by atoms with Gasteiger partial charge in [0.2, 0.25) is 0 Å². The number of hydrogen-bond donors (Lipinski definition) is 0. The van der Waals surface area contributed by atoms with Crippen molar-refractivity contribution in [2.24, 2.45) is 0 Å². The maximum absolute atomic E-state index is 14.7. The SMILES string of the molecule is CCc1ncnc(N2CC(C)OCC2c2ccccc2)c1F. The van der Waals surface area contributed by atoms with E-state index >= 15 is 0 Å². The molecule has 116 valence electrons. The van der Waals surface area contributed by atoms with E-state index in [2.05, 4.69) is 9.97 Å². The summed E-state index contributed by atoms with van der Waals surface area (Å²) in [5, 5.41) is 0. The van der Waals surface area contributed by atoms with Crippen LogP contribution in [0.4, 0.5) is 10.2 Å². The van der Waals surface area contributed by atoms with Gasteiger partial charge in [-0.2, -0.15) is 0 Å². The molecule has 2 aromatic rings. The van der Waals surface area contributed by atoms with E-state index < -0.39 is 0 Å². The highest BCUT2D eigenvalue weighted by Gasteiger charge is 2.31. The lowest BCUT2D eigenvalue weighted by atomic mass is 10.0. The minimum Gasteiger partial charge on any atom is -0.374 e. The molecule has 2 unspecified atom stereocenters. The number of ether oxygens (including phenoxy) is 1. The summed E-state index contributed by atoms with van der Waals surface area (Å²) in [7, 11) is 0. The van der Waals surface area contributed by atoms with Gasteiger partial charge in [0.15, 0.2) is 11.6 Å². The fourth-order valence-corrected chi connectivity index (χ4v) is 2.83. The monoisotopic (exact) mass is 301 g/mol. The van der Waals surface area contributed by atoms with Crippen molar-refractivity contribution in [2.75, 3.05) is 18.1 Å². The fraction of sp³-hybridized carbons (Fsp3) is 0.412. The Morgan fingerprint density at radius 3 is 2.77 bits per heavy atom. The van der Waals surface area contributed by atoms with Gasteiger partial charge >= 0.3 is 0 Å². The lowest BCUT2D eigenvalue weighted by Crippen LogP contribution is -2.44. The highest BCUT2D eigenvalue weighted by Crippen LogP contribution is 2.32. The smallest absolute Gasteiger partial charge is 0.187 e. The zero-order valence-corrected chi connectivity index (χ0v) is 12.9. The number of benzene rings is 1. The molecule has 4 nitrogen and oxygen atoms in total. The zero-order chi connectivity index (χ0) is 15.5. The number of halogens is 1. The van der Waals surface area contributed by atoms with E-state index in [-0.39, 0.29) is 18.0 Å². The third-order valence-corrected chi connectivity index (χ3v) is 4.00. The topological polar surface area (TPSA) is 38.2 Å². The van der Waals surface area contributed by atoms with Gasteiger partial charge in [0.05, 0.1) is 24.4 Å². The summed E-state index contributed by atoms with van der Waals surface area (Å²) in [6, 6.07) is 9.99. The zero-order valence-electron chi connectivity index (χ0n) is 12.9. The van der Waals surface area contributed by atoms with E-state index in [0.717, 1.165) is 5.56 Å². The van der Waals surface area contributed by atoms with E-state index in [9.17, 15) is 4.39 Å². The van der Waals surface area contributed by atoms with Crippen LogP contribution >= 0.6 is 0 Å². The summed E-state index contributed by atoms with van der Waals surface area (Å²) in [5.41, 5.74) is 1.56. The van der Waals surface area contributed by atoms with E-state index in [0.29, 0.717) is 31.1 Å². The predicted octanol–water partition coefficient (Wildman–Crippen LogP) is 3.14. The number of aromatic nitrogens is 2. The Kier molecular flexibility index (Phi) is 4.34. The van der Waals surface area contributed by atoms with E-state index in [4.69, 9.17) is 4.74 Å². The molecule has 0 saturated carbocycles. The minimum atomic E-state index is -0.319. The van der Waals surface area contributed by atoms with Crippen LogP contribution in [0.5, 0.6) is 0 Å². The van der Waals surface area contributed by atoms with Crippen LogP contribution in [0, 0.1) is 5.82 Å². The molecule has 0 aliphatic carbocycles. The van der Waals surface area contributed by atoms with Crippen molar-refractivity contribution in [3.63, 3.8) is 0 Å². The summed E-state index contributed by atoms with van der Waals surface area (Å²) in [4.78, 5) is 10.2. The van der Waals surface area contributed by atoms with Crippen LogP contribution in [0.3, 0.4) is 0 Å². The van der Waals surface area contributed by atoms with Gasteiger partial charge in [0.1, 0.15) is 6.33 Å². The lowest BCUT2D eigenvalue weighted by molar-refractivity contribution is 0.0296. The summed E-state index contributed by atoms with van der Waals surface area (Å²) >= 11 is 0. The standard InChI is InChI=1S/C17H20FN3O/c1-3-14-16(18)17(20-11-19-14)21-9-12(2)22-10-15(21)13-7-5-4-6-8-13/h4-8,11-12,15H,3,9-10H2,1-2H3. The van der Waals surface area contributed by atoms with Gasteiger partial charge in [-0.1, -0.05) is 37.3 Å². The number of aryl methyl sites for hydroxylation is 1. The van der Waals surface area contributed by atoms with Gasteiger partial charge in [-0.15, -0.1) is 0 Å². The average molecular weight is 301 g/mol. The lowest BCUT2D eigenvalue weighted by Gasteiger charge is -2.39. The molecule has 1 saturated heterocycles. The molecule has 0 bridgehead atoms. The van der Waals surface area contributed by atoms with E-state index in [1.54, 1.807) is 0 Å². The Balaban J connectivity index is 2.01. The second-order valence-electron chi connectivity index (χ2n) is 5.53. The molecule has 0 amide bonds. The molecular weight excluding hydrogens is 281 g/mol. The Bertz CT molecular complexity index is 635. The Hall–Kier alpha value is -2.01. The van der Waals surface area contributed by atoms with Crippen molar-refractivity contribution in [2.45, 2.75) is 32.4 Å². The first kappa shape index (κ1) is 14.9. The minimum absolute atomic E-state index is 0.0356. The molecule has 0 spiro atoms. The summed E-state index contributed by atoms with van der Waals surface area (Å²) < 4.78 is 20.5. The molecule has 0 radical (unpaired) electrons. The van der Waals surface area contributed by atoms with Gasteiger partial charge in [-0.3, -0.25) is 0 Å². The molecule has 2 atom stereocenters. The Morgan fingerprint density at radius 2 is 2.05 bits per heavy atom. The molecule has 1 aromatic heterocycles. The van der Waals surface area contributed by atoms with Crippen molar-refractivity contribution in [1.82, 2.24) is 9.97 Å². The highest BCUT2D eigenvalue weighted by atomic mass is 19.1. The van der Waals surface area contributed by atoms with Crippen molar-refractivity contribution in [3.8, 4) is 0 Å². The number of nitrogens with zero attached hydrogens (tertiary/aromatic N) is 3. The van der Waals surface area contributed by atoms with Crippen LogP contribution in [0.15, 0.2) is 36.7 Å². The molecule has 1 aliphatic heterocycles. The Labute approximate surface area is 130 Å². The van der Waals surface area contributed by atoms with Gasteiger partial charge in [0, 0.05) is 6.54 Å². The number of rotatable bonds is 3. The molecular formula is C17H20FN3O. The maximum atomic E-state index is 14.7. The van der Waals surface area contributed by atoms with Gasteiger partial charge in [0.25, 0.3) is 0 Å². The summed E-state index contributed by atoms with van der Waals surface area (Å²) in [6.07, 6.45) is 2.04. The molecule has 5 heteroatoms. The molecule has 2 heterocycles. The van der Waals surface area contributed by atoms with Crippen molar-refractivity contribution in [1.29, 1.82) is 0 Å². The van der Waals surface area contributed by atoms with E-state index in [1.165, 1.54) is 6.33 Å². The van der Waals surface area contributed by atoms with E-state index in [1.807, 2.05) is 49.1 Å². The first-order valence-electron chi connectivity index (χ1n) is 7.63. The molecule has 22 heavy (non-hydrogen) atoms. The number of anilines is 1. The van der Waals surface area contributed by atoms with Crippen LogP contribution in [0.1, 0.15) is 31.1 Å². The van der Waals surface area contributed by atoms with Crippen LogP contribution in [0.25, 0.3) is 0 Å². The van der Waals surface area contributed by atoms with Gasteiger partial charge in [-0.25, -0.2) is 14.4 Å². The molecule has 0 N–H and O–H groups in total. The maximum Gasteiger partial charge on any atom is 0.187 e. The third kappa shape index (κ3) is 2.81. The van der Waals surface area contributed by atoms with Crippen molar-refractivity contribution in [3.05, 3.63) is 53.7 Å². The van der Waals surface area contributed by atoms with Gasteiger partial charge < -0.3 is 9.64 Å².